The van der Waals surface area contributed by atoms with E-state index in [9.17, 15) is 24.9 Å². The van der Waals surface area contributed by atoms with Crippen molar-refractivity contribution >= 4 is 23.5 Å². The number of aliphatic hydroxyl groups excluding tert-OH is 3. The van der Waals surface area contributed by atoms with Gasteiger partial charge in [0.25, 0.3) is 0 Å². The molecule has 8 nitrogen and oxygen atoms in total. The fraction of sp³-hybridized carbons (Fsp3) is 0.444. The molecule has 8 heteroatoms. The second-order valence-electron chi connectivity index (χ2n) is 9.17. The van der Waals surface area contributed by atoms with E-state index in [-0.39, 0.29) is 25.0 Å². The minimum absolute atomic E-state index is 0.194. The van der Waals surface area contributed by atoms with Gasteiger partial charge in [-0.25, -0.2) is 0 Å². The third kappa shape index (κ3) is 4.87. The summed E-state index contributed by atoms with van der Waals surface area (Å²) in [6, 6.07) is 9.06. The van der Waals surface area contributed by atoms with Gasteiger partial charge >= 0.3 is 0 Å². The molecule has 0 bridgehead atoms. The Morgan fingerprint density at radius 1 is 1.23 bits per heavy atom. The Kier molecular flexibility index (Phi) is 7.64. The number of pyridine rings is 1. The summed E-state index contributed by atoms with van der Waals surface area (Å²) in [7, 11) is 1.49. The van der Waals surface area contributed by atoms with Crippen molar-refractivity contribution in [2.45, 2.75) is 45.3 Å². The molecule has 1 aliphatic heterocycles. The lowest BCUT2D eigenvalue weighted by Crippen LogP contribution is -2.38. The van der Waals surface area contributed by atoms with Crippen molar-refractivity contribution in [2.75, 3.05) is 13.7 Å². The minimum Gasteiger partial charge on any atom is -0.459 e. The van der Waals surface area contributed by atoms with Crippen LogP contribution in [0.25, 0.3) is 11.6 Å². The van der Waals surface area contributed by atoms with Crippen LogP contribution in [0.1, 0.15) is 49.8 Å². The van der Waals surface area contributed by atoms with Crippen LogP contribution in [0.4, 0.5) is 0 Å². The number of amides is 2. The largest absolute Gasteiger partial charge is 0.459 e. The summed E-state index contributed by atoms with van der Waals surface area (Å²) < 4.78 is 5.62. The zero-order chi connectivity index (χ0) is 25.1. The van der Waals surface area contributed by atoms with E-state index in [1.54, 1.807) is 18.3 Å². The molecule has 1 saturated heterocycles. The second kappa shape index (κ2) is 10.7. The Balaban J connectivity index is 1.61. The summed E-state index contributed by atoms with van der Waals surface area (Å²) in [5.74, 6) is -1.16. The van der Waals surface area contributed by atoms with E-state index in [0.717, 1.165) is 21.7 Å². The van der Waals surface area contributed by atoms with Gasteiger partial charge in [-0.2, -0.15) is 0 Å². The number of furan rings is 1. The van der Waals surface area contributed by atoms with Gasteiger partial charge in [0, 0.05) is 19.2 Å². The van der Waals surface area contributed by atoms with E-state index < -0.39 is 23.9 Å². The topological polar surface area (TPSA) is 124 Å². The number of aromatic nitrogens is 1. The maximum Gasteiger partial charge on any atom is 0.233 e. The number of carbonyl (C=O) groups excluding carboxylic acids is 2. The quantitative estimate of drug-likeness (QED) is 0.372. The first kappa shape index (κ1) is 25.0. The Morgan fingerprint density at radius 2 is 2.03 bits per heavy atom. The van der Waals surface area contributed by atoms with Gasteiger partial charge < -0.3 is 19.7 Å². The van der Waals surface area contributed by atoms with Gasteiger partial charge in [0.05, 0.1) is 30.2 Å². The molecule has 3 N–H and O–H groups in total. The number of hydrogen-bond donors (Lipinski definition) is 3. The monoisotopic (exact) mass is 480 g/mol. The second-order valence-corrected chi connectivity index (χ2v) is 9.17. The average molecular weight is 481 g/mol. The predicted molar refractivity (Wildman–Crippen MR) is 129 cm³/mol. The SMILES string of the molecule is CCC1=C([C@H](O)CC/C(=C/c2ccc(CO)o2)c2ccccn2)[C@H](CO)[C@@H]2C(=O)N(C)C(=O)[C@@H]2C1. The van der Waals surface area contributed by atoms with Crippen LogP contribution in [0.2, 0.25) is 0 Å². The first-order valence-corrected chi connectivity index (χ1v) is 12.0. The Hall–Kier alpha value is -3.07. The number of carbonyl (C=O) groups is 2. The number of likely N-dealkylation sites (tertiary alicyclic amines) is 1. The molecule has 3 heterocycles. The van der Waals surface area contributed by atoms with Gasteiger partial charge in [-0.15, -0.1) is 0 Å². The van der Waals surface area contributed by atoms with Crippen molar-refractivity contribution in [3.8, 4) is 0 Å². The number of rotatable bonds is 9. The van der Waals surface area contributed by atoms with E-state index in [2.05, 4.69) is 4.98 Å². The lowest BCUT2D eigenvalue weighted by Gasteiger charge is -2.36. The maximum absolute atomic E-state index is 12.8. The summed E-state index contributed by atoms with van der Waals surface area (Å²) in [6.07, 6.45) is 4.54. The van der Waals surface area contributed by atoms with E-state index in [1.807, 2.05) is 31.2 Å². The van der Waals surface area contributed by atoms with E-state index >= 15 is 0 Å². The van der Waals surface area contributed by atoms with Gasteiger partial charge in [0.2, 0.25) is 11.8 Å². The van der Waals surface area contributed by atoms with Crippen LogP contribution in [0.5, 0.6) is 0 Å². The first-order chi connectivity index (χ1) is 16.9. The van der Waals surface area contributed by atoms with E-state index in [0.29, 0.717) is 42.8 Å². The predicted octanol–water partition coefficient (Wildman–Crippen LogP) is 2.80. The van der Waals surface area contributed by atoms with Gasteiger partial charge in [0.15, 0.2) is 0 Å². The lowest BCUT2D eigenvalue weighted by atomic mass is 9.67. The van der Waals surface area contributed by atoms with Gasteiger partial charge in [-0.3, -0.25) is 19.5 Å². The van der Waals surface area contributed by atoms with Crippen LogP contribution in [-0.4, -0.2) is 56.8 Å². The highest BCUT2D eigenvalue weighted by molar-refractivity contribution is 6.05. The molecular weight excluding hydrogens is 448 g/mol. The molecule has 1 fully saturated rings. The van der Waals surface area contributed by atoms with E-state index in [1.165, 1.54) is 7.05 Å². The third-order valence-corrected chi connectivity index (χ3v) is 7.22. The molecule has 0 aromatic carbocycles. The van der Waals surface area contributed by atoms with Crippen LogP contribution in [0.3, 0.4) is 0 Å². The number of allylic oxidation sites excluding steroid dienone is 2. The Labute approximate surface area is 204 Å². The molecule has 186 valence electrons. The molecule has 35 heavy (non-hydrogen) atoms. The number of hydrogen-bond acceptors (Lipinski definition) is 7. The molecule has 4 rings (SSSR count). The van der Waals surface area contributed by atoms with Crippen molar-refractivity contribution in [1.29, 1.82) is 0 Å². The van der Waals surface area contributed by atoms with Crippen molar-refractivity contribution in [3.05, 3.63) is 64.9 Å². The van der Waals surface area contributed by atoms with Gasteiger partial charge in [0.1, 0.15) is 18.1 Å². The molecule has 0 unspecified atom stereocenters. The molecule has 2 aliphatic rings. The third-order valence-electron chi connectivity index (χ3n) is 7.22. The summed E-state index contributed by atoms with van der Waals surface area (Å²) in [5.41, 5.74) is 3.22. The van der Waals surface area contributed by atoms with Crippen molar-refractivity contribution in [3.63, 3.8) is 0 Å². The highest BCUT2D eigenvalue weighted by Gasteiger charge is 2.53. The normalized spacial score (nSPS) is 23.7. The van der Waals surface area contributed by atoms with Crippen LogP contribution in [-0.2, 0) is 16.2 Å². The minimum atomic E-state index is -0.881. The van der Waals surface area contributed by atoms with Crippen LogP contribution in [0, 0.1) is 17.8 Å². The molecule has 2 amide bonds. The number of fused-ring (bicyclic) bond motifs is 1. The highest BCUT2D eigenvalue weighted by atomic mass is 16.4. The number of aliphatic hydroxyl groups is 3. The molecular formula is C27H32N2O6. The summed E-state index contributed by atoms with van der Waals surface area (Å²) in [4.78, 5) is 31.0. The fourth-order valence-electron chi connectivity index (χ4n) is 5.46. The number of nitrogens with zero attached hydrogens (tertiary/aromatic N) is 2. The smallest absolute Gasteiger partial charge is 0.233 e. The molecule has 0 saturated carbocycles. The molecule has 0 spiro atoms. The standard InChI is InChI=1S/C27H32N2O6/c1-3-16-13-20-25(27(34)29(2)26(20)33)21(15-31)24(16)23(32)10-7-17(22-6-4-5-11-28-22)12-18-8-9-19(14-30)35-18/h4-6,8-9,11-12,20-21,23,25,30-32H,3,7,10,13-15H2,1-2H3/b17-12-/t20-,21+,23-,25-/m1/s1. The van der Waals surface area contributed by atoms with Crippen molar-refractivity contribution < 1.29 is 29.3 Å². The van der Waals surface area contributed by atoms with Crippen molar-refractivity contribution in [2.24, 2.45) is 17.8 Å². The van der Waals surface area contributed by atoms with Gasteiger partial charge in [-0.05, 0) is 67.2 Å². The maximum atomic E-state index is 12.8. The molecule has 2 aromatic rings. The first-order valence-electron chi connectivity index (χ1n) is 12.0. The Bertz CT molecular complexity index is 1140. The van der Waals surface area contributed by atoms with Crippen molar-refractivity contribution in [1.82, 2.24) is 9.88 Å². The van der Waals surface area contributed by atoms with Crippen LogP contribution >= 0.6 is 0 Å². The summed E-state index contributed by atoms with van der Waals surface area (Å²) in [5, 5.41) is 30.9. The van der Waals surface area contributed by atoms with Crippen LogP contribution in [0.15, 0.2) is 52.1 Å². The van der Waals surface area contributed by atoms with Gasteiger partial charge in [-0.1, -0.05) is 18.6 Å². The molecule has 2 aromatic heterocycles. The zero-order valence-electron chi connectivity index (χ0n) is 20.1. The fourth-order valence-corrected chi connectivity index (χ4v) is 5.46. The van der Waals surface area contributed by atoms with Crippen LogP contribution < -0.4 is 0 Å². The van der Waals surface area contributed by atoms with E-state index in [4.69, 9.17) is 4.42 Å². The number of imide groups is 1. The molecule has 0 radical (unpaired) electrons. The zero-order valence-corrected chi connectivity index (χ0v) is 20.1. The lowest BCUT2D eigenvalue weighted by molar-refractivity contribution is -0.138. The Morgan fingerprint density at radius 3 is 2.66 bits per heavy atom. The highest BCUT2D eigenvalue weighted by Crippen LogP contribution is 2.46. The molecule has 1 aliphatic carbocycles. The summed E-state index contributed by atoms with van der Waals surface area (Å²) >= 11 is 0. The summed E-state index contributed by atoms with van der Waals surface area (Å²) in [6.45, 7) is 1.47. The molecule has 4 atom stereocenters. The average Bonchev–Trinajstić information content (AvgIpc) is 3.43.